The molecular formula is C17H28N2O3. The molecule has 3 N–H and O–H groups in total. The van der Waals surface area contributed by atoms with Crippen molar-refractivity contribution >= 4 is 0 Å². The Kier molecular flexibility index (Phi) is 6.96. The SMILES string of the molecule is CCCOc1ccc(CNCC2CNCC2O)cc1OCC. The molecule has 2 atom stereocenters. The van der Waals surface area contributed by atoms with E-state index in [1.807, 2.05) is 19.1 Å². The summed E-state index contributed by atoms with van der Waals surface area (Å²) in [5.41, 5.74) is 1.16. The molecule has 1 fully saturated rings. The van der Waals surface area contributed by atoms with Crippen LogP contribution < -0.4 is 20.1 Å². The van der Waals surface area contributed by atoms with Gasteiger partial charge in [0.05, 0.1) is 19.3 Å². The van der Waals surface area contributed by atoms with E-state index >= 15 is 0 Å². The van der Waals surface area contributed by atoms with E-state index in [2.05, 4.69) is 23.6 Å². The van der Waals surface area contributed by atoms with Crippen LogP contribution in [0, 0.1) is 5.92 Å². The fourth-order valence-electron chi connectivity index (χ4n) is 2.59. The summed E-state index contributed by atoms with van der Waals surface area (Å²) in [6.45, 7) is 8.54. The minimum absolute atomic E-state index is 0.240. The number of aliphatic hydroxyl groups is 1. The van der Waals surface area contributed by atoms with Gasteiger partial charge in [-0.15, -0.1) is 0 Å². The van der Waals surface area contributed by atoms with Crippen molar-refractivity contribution in [2.24, 2.45) is 5.92 Å². The second-order valence-electron chi connectivity index (χ2n) is 5.68. The Hall–Kier alpha value is -1.30. The molecule has 1 aliphatic heterocycles. The van der Waals surface area contributed by atoms with E-state index in [0.717, 1.165) is 43.1 Å². The van der Waals surface area contributed by atoms with Crippen LogP contribution in [-0.2, 0) is 6.54 Å². The van der Waals surface area contributed by atoms with Gasteiger partial charge in [0.25, 0.3) is 0 Å². The number of hydrogen-bond acceptors (Lipinski definition) is 5. The summed E-state index contributed by atoms with van der Waals surface area (Å²) in [7, 11) is 0. The number of aliphatic hydroxyl groups excluding tert-OH is 1. The predicted molar refractivity (Wildman–Crippen MR) is 87.5 cm³/mol. The molecule has 1 saturated heterocycles. The van der Waals surface area contributed by atoms with Crippen LogP contribution in [-0.4, -0.2) is 44.1 Å². The molecule has 0 bridgehead atoms. The summed E-state index contributed by atoms with van der Waals surface area (Å²) in [4.78, 5) is 0. The molecule has 1 aliphatic rings. The molecule has 2 unspecified atom stereocenters. The standard InChI is InChI=1S/C17H28N2O3/c1-3-7-22-16-6-5-13(8-17(16)21-4-2)9-18-10-14-11-19-12-15(14)20/h5-6,8,14-15,18-20H,3-4,7,9-12H2,1-2H3. The number of β-amino-alcohol motifs (C(OH)–C–C–N with tert-alkyl or cyclic N) is 1. The number of ether oxygens (including phenoxy) is 2. The monoisotopic (exact) mass is 308 g/mol. The minimum Gasteiger partial charge on any atom is -0.490 e. The van der Waals surface area contributed by atoms with Crippen LogP contribution in [0.2, 0.25) is 0 Å². The Labute approximate surface area is 133 Å². The summed E-state index contributed by atoms with van der Waals surface area (Å²) in [6, 6.07) is 6.07. The van der Waals surface area contributed by atoms with Gasteiger partial charge in [-0.25, -0.2) is 0 Å². The van der Waals surface area contributed by atoms with Crippen molar-refractivity contribution in [3.05, 3.63) is 23.8 Å². The second-order valence-corrected chi connectivity index (χ2v) is 5.68. The molecule has 0 saturated carbocycles. The lowest BCUT2D eigenvalue weighted by atomic mass is 10.1. The first-order chi connectivity index (χ1) is 10.7. The second kappa shape index (κ2) is 8.98. The van der Waals surface area contributed by atoms with Gasteiger partial charge in [-0.2, -0.15) is 0 Å². The first-order valence-corrected chi connectivity index (χ1v) is 8.22. The van der Waals surface area contributed by atoms with Gasteiger partial charge in [0, 0.05) is 32.1 Å². The summed E-state index contributed by atoms with van der Waals surface area (Å²) >= 11 is 0. The van der Waals surface area contributed by atoms with Gasteiger partial charge in [0.2, 0.25) is 0 Å². The first-order valence-electron chi connectivity index (χ1n) is 8.22. The molecular weight excluding hydrogens is 280 g/mol. The topological polar surface area (TPSA) is 62.8 Å². The Morgan fingerprint density at radius 1 is 1.23 bits per heavy atom. The van der Waals surface area contributed by atoms with Crippen molar-refractivity contribution in [2.75, 3.05) is 32.8 Å². The van der Waals surface area contributed by atoms with Crippen molar-refractivity contribution in [3.8, 4) is 11.5 Å². The van der Waals surface area contributed by atoms with Gasteiger partial charge >= 0.3 is 0 Å². The average molecular weight is 308 g/mol. The van der Waals surface area contributed by atoms with E-state index in [0.29, 0.717) is 25.7 Å². The average Bonchev–Trinajstić information content (AvgIpc) is 2.92. The zero-order chi connectivity index (χ0) is 15.8. The van der Waals surface area contributed by atoms with Crippen molar-refractivity contribution in [3.63, 3.8) is 0 Å². The fourth-order valence-corrected chi connectivity index (χ4v) is 2.59. The Bertz CT molecular complexity index is 454. The molecule has 2 rings (SSSR count). The molecule has 124 valence electrons. The van der Waals surface area contributed by atoms with Crippen molar-refractivity contribution in [2.45, 2.75) is 32.9 Å². The molecule has 0 amide bonds. The normalized spacial score (nSPS) is 21.0. The molecule has 1 aromatic rings. The summed E-state index contributed by atoms with van der Waals surface area (Å²) in [5, 5.41) is 16.4. The van der Waals surface area contributed by atoms with Crippen LogP contribution in [0.1, 0.15) is 25.8 Å². The van der Waals surface area contributed by atoms with Crippen molar-refractivity contribution in [1.29, 1.82) is 0 Å². The van der Waals surface area contributed by atoms with E-state index < -0.39 is 0 Å². The van der Waals surface area contributed by atoms with Crippen molar-refractivity contribution < 1.29 is 14.6 Å². The molecule has 0 aromatic heterocycles. The molecule has 0 radical (unpaired) electrons. The zero-order valence-electron chi connectivity index (χ0n) is 13.6. The molecule has 22 heavy (non-hydrogen) atoms. The highest BCUT2D eigenvalue weighted by Gasteiger charge is 2.24. The molecule has 0 spiro atoms. The van der Waals surface area contributed by atoms with Gasteiger partial charge in [-0.05, 0) is 31.0 Å². The summed E-state index contributed by atoms with van der Waals surface area (Å²) in [5.74, 6) is 1.90. The number of hydrogen-bond donors (Lipinski definition) is 3. The maximum atomic E-state index is 9.78. The molecule has 0 aliphatic carbocycles. The van der Waals surface area contributed by atoms with Gasteiger partial charge in [0.1, 0.15) is 0 Å². The van der Waals surface area contributed by atoms with Crippen LogP contribution >= 0.6 is 0 Å². The third-order valence-electron chi connectivity index (χ3n) is 3.81. The maximum absolute atomic E-state index is 9.78. The third kappa shape index (κ3) is 4.87. The molecule has 5 nitrogen and oxygen atoms in total. The Balaban J connectivity index is 1.88. The number of rotatable bonds is 9. The lowest BCUT2D eigenvalue weighted by molar-refractivity contribution is 0.146. The van der Waals surface area contributed by atoms with Crippen LogP contribution in [0.4, 0.5) is 0 Å². The number of benzene rings is 1. The maximum Gasteiger partial charge on any atom is 0.161 e. The smallest absolute Gasteiger partial charge is 0.161 e. The van der Waals surface area contributed by atoms with E-state index in [1.54, 1.807) is 0 Å². The molecule has 5 heteroatoms. The first kappa shape index (κ1) is 17.1. The highest BCUT2D eigenvalue weighted by molar-refractivity contribution is 5.43. The Morgan fingerprint density at radius 3 is 2.77 bits per heavy atom. The van der Waals surface area contributed by atoms with E-state index in [9.17, 15) is 5.11 Å². The van der Waals surface area contributed by atoms with Gasteiger partial charge in [-0.1, -0.05) is 13.0 Å². The lowest BCUT2D eigenvalue weighted by Crippen LogP contribution is -2.30. The van der Waals surface area contributed by atoms with Crippen LogP contribution in [0.25, 0.3) is 0 Å². The van der Waals surface area contributed by atoms with Crippen molar-refractivity contribution in [1.82, 2.24) is 10.6 Å². The molecule has 1 aromatic carbocycles. The lowest BCUT2D eigenvalue weighted by Gasteiger charge is -2.16. The predicted octanol–water partition coefficient (Wildman–Crippen LogP) is 1.54. The van der Waals surface area contributed by atoms with Gasteiger partial charge in [-0.3, -0.25) is 0 Å². The quantitative estimate of drug-likeness (QED) is 0.646. The van der Waals surface area contributed by atoms with E-state index in [-0.39, 0.29) is 6.10 Å². The highest BCUT2D eigenvalue weighted by atomic mass is 16.5. The van der Waals surface area contributed by atoms with Gasteiger partial charge in [0.15, 0.2) is 11.5 Å². The van der Waals surface area contributed by atoms with E-state index in [4.69, 9.17) is 9.47 Å². The largest absolute Gasteiger partial charge is 0.490 e. The molecule has 1 heterocycles. The van der Waals surface area contributed by atoms with Crippen LogP contribution in [0.15, 0.2) is 18.2 Å². The highest BCUT2D eigenvalue weighted by Crippen LogP contribution is 2.28. The zero-order valence-corrected chi connectivity index (χ0v) is 13.6. The number of nitrogens with one attached hydrogen (secondary N) is 2. The van der Waals surface area contributed by atoms with Crippen LogP contribution in [0.3, 0.4) is 0 Å². The van der Waals surface area contributed by atoms with E-state index in [1.165, 1.54) is 0 Å². The van der Waals surface area contributed by atoms with Gasteiger partial charge < -0.3 is 25.2 Å². The Morgan fingerprint density at radius 2 is 2.09 bits per heavy atom. The third-order valence-corrected chi connectivity index (χ3v) is 3.81. The van der Waals surface area contributed by atoms with Crippen LogP contribution in [0.5, 0.6) is 11.5 Å². The minimum atomic E-state index is -0.240. The summed E-state index contributed by atoms with van der Waals surface area (Å²) in [6.07, 6.45) is 0.739. The summed E-state index contributed by atoms with van der Waals surface area (Å²) < 4.78 is 11.4. The fraction of sp³-hybridized carbons (Fsp3) is 0.647.